The Hall–Kier alpha value is -2.57. The lowest BCUT2D eigenvalue weighted by molar-refractivity contribution is -0.126. The standard InChI is InChI=1S/C15H19N3O4/c1-2-8-16-14(20)10-17-13(19)7-9-18-11-5-3-4-6-12(11)22-15(18)21/h3-6H,2,7-10H2,1H3,(H,16,20)(H,17,19). The number of carbonyl (C=O) groups is 2. The quantitative estimate of drug-likeness (QED) is 0.784. The molecule has 2 rings (SSSR count). The van der Waals surface area contributed by atoms with Crippen molar-refractivity contribution < 1.29 is 14.0 Å². The molecule has 0 aliphatic carbocycles. The molecule has 0 fully saturated rings. The van der Waals surface area contributed by atoms with Crippen LogP contribution in [0.15, 0.2) is 33.5 Å². The Bertz CT molecular complexity index is 717. The minimum Gasteiger partial charge on any atom is -0.408 e. The molecular weight excluding hydrogens is 286 g/mol. The summed E-state index contributed by atoms with van der Waals surface area (Å²) < 4.78 is 6.49. The lowest BCUT2D eigenvalue weighted by atomic mass is 10.3. The molecular formula is C15H19N3O4. The molecule has 2 aromatic rings. The van der Waals surface area contributed by atoms with E-state index in [0.717, 1.165) is 6.42 Å². The lowest BCUT2D eigenvalue weighted by Crippen LogP contribution is -2.37. The van der Waals surface area contributed by atoms with E-state index in [1.807, 2.05) is 6.92 Å². The molecule has 2 amide bonds. The third-order valence-electron chi connectivity index (χ3n) is 3.15. The van der Waals surface area contributed by atoms with E-state index in [1.54, 1.807) is 24.3 Å². The van der Waals surface area contributed by atoms with Crippen LogP contribution in [0.3, 0.4) is 0 Å². The summed E-state index contributed by atoms with van der Waals surface area (Å²) in [5.41, 5.74) is 1.15. The van der Waals surface area contributed by atoms with Crippen LogP contribution in [0.5, 0.6) is 0 Å². The van der Waals surface area contributed by atoms with Gasteiger partial charge in [-0.3, -0.25) is 14.2 Å². The number of nitrogens with zero attached hydrogens (tertiary/aromatic N) is 1. The highest BCUT2D eigenvalue weighted by molar-refractivity contribution is 5.84. The number of fused-ring (bicyclic) bond motifs is 1. The second-order valence-corrected chi connectivity index (χ2v) is 4.86. The molecule has 0 saturated carbocycles. The fourth-order valence-electron chi connectivity index (χ4n) is 2.03. The van der Waals surface area contributed by atoms with Crippen LogP contribution < -0.4 is 16.4 Å². The van der Waals surface area contributed by atoms with Gasteiger partial charge in [0, 0.05) is 19.5 Å². The second-order valence-electron chi connectivity index (χ2n) is 4.86. The average Bonchev–Trinajstić information content (AvgIpc) is 2.84. The van der Waals surface area contributed by atoms with Crippen molar-refractivity contribution in [1.29, 1.82) is 0 Å². The van der Waals surface area contributed by atoms with E-state index in [9.17, 15) is 14.4 Å². The van der Waals surface area contributed by atoms with Gasteiger partial charge in [-0.05, 0) is 18.6 Å². The second kappa shape index (κ2) is 7.44. The first-order chi connectivity index (χ1) is 10.6. The van der Waals surface area contributed by atoms with Crippen molar-refractivity contribution in [3.63, 3.8) is 0 Å². The number of aromatic nitrogens is 1. The molecule has 0 unspecified atom stereocenters. The maximum Gasteiger partial charge on any atom is 0.419 e. The first-order valence-corrected chi connectivity index (χ1v) is 7.23. The Morgan fingerprint density at radius 2 is 1.95 bits per heavy atom. The van der Waals surface area contributed by atoms with Crippen LogP contribution >= 0.6 is 0 Å². The fraction of sp³-hybridized carbons (Fsp3) is 0.400. The Morgan fingerprint density at radius 1 is 1.18 bits per heavy atom. The molecule has 0 bridgehead atoms. The lowest BCUT2D eigenvalue weighted by Gasteiger charge is -2.06. The summed E-state index contributed by atoms with van der Waals surface area (Å²) in [6.45, 7) is 2.69. The van der Waals surface area contributed by atoms with Gasteiger partial charge in [0.25, 0.3) is 0 Å². The maximum absolute atomic E-state index is 11.7. The first kappa shape index (κ1) is 15.8. The van der Waals surface area contributed by atoms with E-state index in [-0.39, 0.29) is 31.3 Å². The summed E-state index contributed by atoms with van der Waals surface area (Å²) in [5.74, 6) is -1.00. The van der Waals surface area contributed by atoms with E-state index in [1.165, 1.54) is 4.57 Å². The molecule has 22 heavy (non-hydrogen) atoms. The minimum absolute atomic E-state index is 0.0557. The summed E-state index contributed by atoms with van der Waals surface area (Å²) >= 11 is 0. The molecule has 0 atom stereocenters. The van der Waals surface area contributed by atoms with Gasteiger partial charge in [0.05, 0.1) is 12.1 Å². The third kappa shape index (κ3) is 3.97. The van der Waals surface area contributed by atoms with E-state index < -0.39 is 5.76 Å². The number of hydrogen-bond acceptors (Lipinski definition) is 4. The molecule has 118 valence electrons. The maximum atomic E-state index is 11.7. The van der Waals surface area contributed by atoms with Crippen molar-refractivity contribution in [2.75, 3.05) is 13.1 Å². The Morgan fingerprint density at radius 3 is 2.73 bits per heavy atom. The highest BCUT2D eigenvalue weighted by Crippen LogP contribution is 2.11. The van der Waals surface area contributed by atoms with E-state index in [0.29, 0.717) is 17.6 Å². The molecule has 0 aliphatic heterocycles. The van der Waals surface area contributed by atoms with Crippen molar-refractivity contribution in [3.8, 4) is 0 Å². The summed E-state index contributed by atoms with van der Waals surface area (Å²) in [6.07, 6.45) is 0.945. The van der Waals surface area contributed by atoms with Gasteiger partial charge in [-0.15, -0.1) is 0 Å². The third-order valence-corrected chi connectivity index (χ3v) is 3.15. The average molecular weight is 305 g/mol. The largest absolute Gasteiger partial charge is 0.419 e. The van der Waals surface area contributed by atoms with Gasteiger partial charge in [-0.2, -0.15) is 0 Å². The van der Waals surface area contributed by atoms with E-state index in [2.05, 4.69) is 10.6 Å². The summed E-state index contributed by atoms with van der Waals surface area (Å²) in [7, 11) is 0. The van der Waals surface area contributed by atoms with Crippen LogP contribution in [-0.2, 0) is 16.1 Å². The topological polar surface area (TPSA) is 93.3 Å². The van der Waals surface area contributed by atoms with Gasteiger partial charge in [0.2, 0.25) is 11.8 Å². The zero-order valence-electron chi connectivity index (χ0n) is 12.4. The highest BCUT2D eigenvalue weighted by Gasteiger charge is 2.10. The molecule has 0 aliphatic rings. The summed E-state index contributed by atoms with van der Waals surface area (Å²) in [5, 5.41) is 5.19. The number of aryl methyl sites for hydroxylation is 1. The van der Waals surface area contributed by atoms with Crippen molar-refractivity contribution in [2.24, 2.45) is 0 Å². The minimum atomic E-state index is -0.491. The van der Waals surface area contributed by atoms with Crippen molar-refractivity contribution in [1.82, 2.24) is 15.2 Å². The van der Waals surface area contributed by atoms with E-state index >= 15 is 0 Å². The molecule has 1 aromatic heterocycles. The number of rotatable bonds is 7. The number of oxazole rings is 1. The predicted octanol–water partition coefficient (Wildman–Crippen LogP) is 0.627. The molecule has 0 radical (unpaired) electrons. The SMILES string of the molecule is CCCNC(=O)CNC(=O)CCn1c(=O)oc2ccccc21. The summed E-state index contributed by atoms with van der Waals surface area (Å²) in [6, 6.07) is 7.03. The van der Waals surface area contributed by atoms with Gasteiger partial charge in [0.15, 0.2) is 5.58 Å². The van der Waals surface area contributed by atoms with Crippen LogP contribution in [0.1, 0.15) is 19.8 Å². The van der Waals surface area contributed by atoms with Crippen LogP contribution in [0, 0.1) is 0 Å². The first-order valence-electron chi connectivity index (χ1n) is 7.23. The van der Waals surface area contributed by atoms with Gasteiger partial charge in [-0.25, -0.2) is 4.79 Å². The molecule has 1 aromatic carbocycles. The molecule has 2 N–H and O–H groups in total. The Labute approximate surface area is 127 Å². The molecule has 1 heterocycles. The van der Waals surface area contributed by atoms with Gasteiger partial charge in [-0.1, -0.05) is 19.1 Å². The highest BCUT2D eigenvalue weighted by atomic mass is 16.4. The predicted molar refractivity (Wildman–Crippen MR) is 81.4 cm³/mol. The number of amides is 2. The van der Waals surface area contributed by atoms with E-state index in [4.69, 9.17) is 4.42 Å². The molecule has 7 nitrogen and oxygen atoms in total. The zero-order valence-corrected chi connectivity index (χ0v) is 12.4. The van der Waals surface area contributed by atoms with Gasteiger partial charge < -0.3 is 15.1 Å². The molecule has 0 saturated heterocycles. The number of nitrogens with one attached hydrogen (secondary N) is 2. The fourth-order valence-corrected chi connectivity index (χ4v) is 2.03. The monoisotopic (exact) mass is 305 g/mol. The van der Waals surface area contributed by atoms with Crippen molar-refractivity contribution in [2.45, 2.75) is 26.3 Å². The van der Waals surface area contributed by atoms with Crippen LogP contribution in [0.4, 0.5) is 0 Å². The van der Waals surface area contributed by atoms with Gasteiger partial charge in [0.1, 0.15) is 0 Å². The van der Waals surface area contributed by atoms with Crippen LogP contribution in [0.2, 0.25) is 0 Å². The number of carbonyl (C=O) groups excluding carboxylic acids is 2. The zero-order chi connectivity index (χ0) is 15.9. The number of hydrogen-bond donors (Lipinski definition) is 2. The Balaban J connectivity index is 1.87. The number of para-hydroxylation sites is 2. The number of benzene rings is 1. The molecule has 0 spiro atoms. The van der Waals surface area contributed by atoms with Crippen LogP contribution in [0.25, 0.3) is 11.1 Å². The van der Waals surface area contributed by atoms with Gasteiger partial charge >= 0.3 is 5.76 Å². The summed E-state index contributed by atoms with van der Waals surface area (Å²) in [4.78, 5) is 34.8. The Kier molecular flexibility index (Phi) is 5.35. The van der Waals surface area contributed by atoms with Crippen LogP contribution in [-0.4, -0.2) is 29.5 Å². The smallest absolute Gasteiger partial charge is 0.408 e. The van der Waals surface area contributed by atoms with Crippen molar-refractivity contribution >= 4 is 22.9 Å². The van der Waals surface area contributed by atoms with Crippen molar-refractivity contribution in [3.05, 3.63) is 34.8 Å². The molecule has 7 heteroatoms. The normalized spacial score (nSPS) is 10.6.